The Balaban J connectivity index is 0.00000210. The van der Waals surface area contributed by atoms with Gasteiger partial charge in [-0.1, -0.05) is 79.7 Å². The molecule has 0 aromatic heterocycles. The molecule has 1 aliphatic carbocycles. The summed E-state index contributed by atoms with van der Waals surface area (Å²) in [4.78, 5) is 0. The summed E-state index contributed by atoms with van der Waals surface area (Å²) < 4.78 is 0. The predicted molar refractivity (Wildman–Crippen MR) is 115 cm³/mol. The van der Waals surface area contributed by atoms with E-state index in [9.17, 15) is 0 Å². The first-order valence-corrected chi connectivity index (χ1v) is 9.19. The summed E-state index contributed by atoms with van der Waals surface area (Å²) in [5, 5.41) is 3.48. The maximum atomic E-state index is 3.48. The summed E-state index contributed by atoms with van der Waals surface area (Å²) in [7, 11) is 0. The molecular formula is C25H25N. The highest BCUT2D eigenvalue weighted by Gasteiger charge is 2.06. The molecule has 130 valence electrons. The molecule has 0 aliphatic heterocycles. The van der Waals surface area contributed by atoms with Crippen molar-refractivity contribution in [3.05, 3.63) is 103 Å². The van der Waals surface area contributed by atoms with E-state index in [0.29, 0.717) is 5.92 Å². The molecule has 0 amide bonds. The smallest absolute Gasteiger partial charge is 0.0384 e. The molecule has 0 saturated carbocycles. The highest BCUT2D eigenvalue weighted by molar-refractivity contribution is 5.76. The van der Waals surface area contributed by atoms with Crippen molar-refractivity contribution in [1.82, 2.24) is 0 Å². The zero-order valence-corrected chi connectivity index (χ0v) is 15.0. The van der Waals surface area contributed by atoms with Gasteiger partial charge in [0.2, 0.25) is 0 Å². The number of hydrogen-bond acceptors (Lipinski definition) is 1. The van der Waals surface area contributed by atoms with Gasteiger partial charge in [-0.25, -0.2) is 0 Å². The van der Waals surface area contributed by atoms with Crippen LogP contribution in [0.25, 0.3) is 16.7 Å². The number of benzene rings is 3. The number of rotatable bonds is 4. The molecule has 26 heavy (non-hydrogen) atoms. The Hall–Kier alpha value is -3.06. The van der Waals surface area contributed by atoms with Crippen molar-refractivity contribution in [1.29, 1.82) is 0 Å². The predicted octanol–water partition coefficient (Wildman–Crippen LogP) is 7.32. The first-order valence-electron chi connectivity index (χ1n) is 9.19. The largest absolute Gasteiger partial charge is 0.356 e. The second-order valence-corrected chi connectivity index (χ2v) is 6.88. The third-order valence-electron chi connectivity index (χ3n) is 4.77. The topological polar surface area (TPSA) is 12.0 Å². The Labute approximate surface area is 157 Å². The van der Waals surface area contributed by atoms with Gasteiger partial charge in [-0.05, 0) is 58.9 Å². The highest BCUT2D eigenvalue weighted by atomic mass is 14.9. The van der Waals surface area contributed by atoms with Crippen molar-refractivity contribution >= 4 is 16.9 Å². The zero-order chi connectivity index (χ0) is 17.8. The standard InChI is InChI=1S/C25H23N.H2/c1-19-6-5-9-23(18-19)22-12-16-25(17-13-22)26-24-14-10-21(11-15-24)20-7-3-2-4-8-20;/h2-5,7-19,26H,6H2,1H3;1H. The average molecular weight is 339 g/mol. The van der Waals surface area contributed by atoms with E-state index >= 15 is 0 Å². The Morgan fingerprint density at radius 2 is 1.31 bits per heavy atom. The SMILES string of the molecule is CC1C=C(c2ccc(Nc3ccc(-c4ccccc4)cc3)cc2)C=CC1.[HH]. The summed E-state index contributed by atoms with van der Waals surface area (Å²) in [6, 6.07) is 27.7. The van der Waals surface area contributed by atoms with E-state index < -0.39 is 0 Å². The van der Waals surface area contributed by atoms with Gasteiger partial charge in [0, 0.05) is 12.8 Å². The van der Waals surface area contributed by atoms with Crippen LogP contribution in [0.3, 0.4) is 0 Å². The lowest BCUT2D eigenvalue weighted by molar-refractivity contribution is 0.740. The number of allylic oxidation sites excluding steroid dienone is 4. The van der Waals surface area contributed by atoms with Gasteiger partial charge in [0.1, 0.15) is 0 Å². The number of nitrogens with one attached hydrogen (secondary N) is 1. The van der Waals surface area contributed by atoms with Gasteiger partial charge in [-0.15, -0.1) is 0 Å². The van der Waals surface area contributed by atoms with Crippen molar-refractivity contribution in [2.24, 2.45) is 5.92 Å². The van der Waals surface area contributed by atoms with Gasteiger partial charge in [0.15, 0.2) is 0 Å². The summed E-state index contributed by atoms with van der Waals surface area (Å²) in [6.07, 6.45) is 7.98. The molecule has 0 fully saturated rings. The molecule has 4 rings (SSSR count). The van der Waals surface area contributed by atoms with Crippen LogP contribution in [0.1, 0.15) is 20.3 Å². The third kappa shape index (κ3) is 3.78. The third-order valence-corrected chi connectivity index (χ3v) is 4.77. The summed E-state index contributed by atoms with van der Waals surface area (Å²) in [5.74, 6) is 0.621. The van der Waals surface area contributed by atoms with Crippen LogP contribution in [0.4, 0.5) is 11.4 Å². The molecule has 1 atom stereocenters. The normalized spacial score (nSPS) is 16.2. The van der Waals surface area contributed by atoms with Crippen LogP contribution in [0, 0.1) is 5.92 Å². The molecule has 0 saturated heterocycles. The van der Waals surface area contributed by atoms with Crippen molar-refractivity contribution in [2.75, 3.05) is 5.32 Å². The Morgan fingerprint density at radius 3 is 1.92 bits per heavy atom. The lowest BCUT2D eigenvalue weighted by Gasteiger charge is -2.13. The average Bonchev–Trinajstić information content (AvgIpc) is 2.70. The molecular weight excluding hydrogens is 314 g/mol. The number of anilines is 2. The van der Waals surface area contributed by atoms with Gasteiger partial charge in [-0.2, -0.15) is 0 Å². The van der Waals surface area contributed by atoms with Crippen molar-refractivity contribution in [2.45, 2.75) is 13.3 Å². The van der Waals surface area contributed by atoms with E-state index in [1.807, 2.05) is 6.07 Å². The highest BCUT2D eigenvalue weighted by Crippen LogP contribution is 2.27. The molecule has 1 unspecified atom stereocenters. The maximum absolute atomic E-state index is 3.48. The van der Waals surface area contributed by atoms with Gasteiger partial charge < -0.3 is 5.32 Å². The van der Waals surface area contributed by atoms with Crippen LogP contribution >= 0.6 is 0 Å². The zero-order valence-electron chi connectivity index (χ0n) is 15.0. The second-order valence-electron chi connectivity index (χ2n) is 6.88. The summed E-state index contributed by atoms with van der Waals surface area (Å²) >= 11 is 0. The second kappa shape index (κ2) is 7.45. The first-order chi connectivity index (χ1) is 12.8. The van der Waals surface area contributed by atoms with Gasteiger partial charge in [0.05, 0.1) is 0 Å². The van der Waals surface area contributed by atoms with Crippen LogP contribution < -0.4 is 5.32 Å². The van der Waals surface area contributed by atoms with Crippen LogP contribution in [0.15, 0.2) is 97.1 Å². The monoisotopic (exact) mass is 339 g/mol. The van der Waals surface area contributed by atoms with E-state index in [-0.39, 0.29) is 1.43 Å². The molecule has 0 bridgehead atoms. The van der Waals surface area contributed by atoms with E-state index in [0.717, 1.165) is 17.8 Å². The molecule has 0 radical (unpaired) electrons. The van der Waals surface area contributed by atoms with Gasteiger partial charge >= 0.3 is 0 Å². The van der Waals surface area contributed by atoms with E-state index in [2.05, 4.69) is 103 Å². The van der Waals surface area contributed by atoms with Gasteiger partial charge in [0.25, 0.3) is 0 Å². The minimum absolute atomic E-state index is 0. The molecule has 1 aliphatic rings. The fourth-order valence-corrected chi connectivity index (χ4v) is 3.32. The van der Waals surface area contributed by atoms with E-state index in [1.165, 1.54) is 22.3 Å². The quantitative estimate of drug-likeness (QED) is 0.525. The number of hydrogen-bond donors (Lipinski definition) is 1. The summed E-state index contributed by atoms with van der Waals surface area (Å²) in [6.45, 7) is 2.26. The van der Waals surface area contributed by atoms with Crippen LogP contribution in [-0.2, 0) is 0 Å². The fraction of sp³-hybridized carbons (Fsp3) is 0.120. The fourth-order valence-electron chi connectivity index (χ4n) is 3.32. The van der Waals surface area contributed by atoms with Crippen LogP contribution in [-0.4, -0.2) is 0 Å². The van der Waals surface area contributed by atoms with E-state index in [4.69, 9.17) is 0 Å². The molecule has 0 heterocycles. The lowest BCUT2D eigenvalue weighted by atomic mass is 9.93. The molecule has 0 spiro atoms. The van der Waals surface area contributed by atoms with Crippen molar-refractivity contribution in [3.63, 3.8) is 0 Å². The Morgan fingerprint density at radius 1 is 0.731 bits per heavy atom. The lowest BCUT2D eigenvalue weighted by Crippen LogP contribution is -1.95. The minimum atomic E-state index is 0. The molecule has 1 N–H and O–H groups in total. The van der Waals surface area contributed by atoms with Crippen LogP contribution in [0.5, 0.6) is 0 Å². The first kappa shape index (κ1) is 16.4. The summed E-state index contributed by atoms with van der Waals surface area (Å²) in [5.41, 5.74) is 7.28. The van der Waals surface area contributed by atoms with Crippen LogP contribution in [0.2, 0.25) is 0 Å². The van der Waals surface area contributed by atoms with Crippen molar-refractivity contribution < 1.29 is 1.43 Å². The minimum Gasteiger partial charge on any atom is -0.356 e. The Bertz CT molecular complexity index is 922. The molecule has 1 heteroatoms. The maximum Gasteiger partial charge on any atom is 0.0384 e. The van der Waals surface area contributed by atoms with Gasteiger partial charge in [-0.3, -0.25) is 0 Å². The Kier molecular flexibility index (Phi) is 4.70. The molecule has 1 nitrogen and oxygen atoms in total. The van der Waals surface area contributed by atoms with E-state index in [1.54, 1.807) is 0 Å². The van der Waals surface area contributed by atoms with Crippen molar-refractivity contribution in [3.8, 4) is 11.1 Å². The molecule has 3 aromatic carbocycles. The molecule has 3 aromatic rings.